The summed E-state index contributed by atoms with van der Waals surface area (Å²) in [5, 5.41) is 0. The molecule has 4 heteroatoms. The average Bonchev–Trinajstić information content (AvgIpc) is 2.70. The highest BCUT2D eigenvalue weighted by molar-refractivity contribution is 5.83. The molecule has 4 nitrogen and oxygen atoms in total. The van der Waals surface area contributed by atoms with Crippen molar-refractivity contribution in [3.8, 4) is 22.3 Å². The van der Waals surface area contributed by atoms with Crippen molar-refractivity contribution >= 4 is 22.7 Å². The van der Waals surface area contributed by atoms with Crippen LogP contribution in [-0.4, -0.2) is 0 Å². The number of benzene rings is 4. The third-order valence-electron chi connectivity index (χ3n) is 4.32. The standard InChI is InChI=1S/2C12H12N2/c13-11-5-1-3-9(7-11)10-4-2-6-12(14)8-10;13-11-7-3-1-5-9(11)10-6-2-4-8-12(10)14/h2*1-8H,13-14H2. The molecule has 0 aliphatic rings. The van der Waals surface area contributed by atoms with Crippen molar-refractivity contribution in [2.75, 3.05) is 22.9 Å². The van der Waals surface area contributed by atoms with Crippen molar-refractivity contribution in [2.24, 2.45) is 0 Å². The van der Waals surface area contributed by atoms with Gasteiger partial charge in [0.2, 0.25) is 0 Å². The summed E-state index contributed by atoms with van der Waals surface area (Å²) in [5.74, 6) is 0. The largest absolute Gasteiger partial charge is 0.399 e. The molecule has 28 heavy (non-hydrogen) atoms. The molecule has 0 saturated carbocycles. The fraction of sp³-hybridized carbons (Fsp3) is 0. The van der Waals surface area contributed by atoms with Crippen LogP contribution in [0, 0.1) is 0 Å². The molecule has 0 radical (unpaired) electrons. The van der Waals surface area contributed by atoms with Gasteiger partial charge in [-0.15, -0.1) is 0 Å². The first-order chi connectivity index (χ1) is 13.5. The van der Waals surface area contributed by atoms with E-state index in [0.717, 1.165) is 45.0 Å². The van der Waals surface area contributed by atoms with Gasteiger partial charge >= 0.3 is 0 Å². The van der Waals surface area contributed by atoms with E-state index in [2.05, 4.69) is 0 Å². The molecule has 0 aliphatic heterocycles. The van der Waals surface area contributed by atoms with Crippen LogP contribution in [-0.2, 0) is 0 Å². The van der Waals surface area contributed by atoms with E-state index in [-0.39, 0.29) is 0 Å². The Morgan fingerprint density at radius 2 is 0.786 bits per heavy atom. The minimum absolute atomic E-state index is 0.755. The third kappa shape index (κ3) is 4.62. The van der Waals surface area contributed by atoms with Crippen LogP contribution in [0.3, 0.4) is 0 Å². The normalized spacial score (nSPS) is 10.0. The van der Waals surface area contributed by atoms with E-state index in [0.29, 0.717) is 0 Å². The molecule has 8 N–H and O–H groups in total. The Hall–Kier alpha value is -3.92. The number of rotatable bonds is 2. The molecule has 0 fully saturated rings. The lowest BCUT2D eigenvalue weighted by Gasteiger charge is -2.07. The Bertz CT molecular complexity index is 986. The van der Waals surface area contributed by atoms with Gasteiger partial charge in [0.05, 0.1) is 0 Å². The second kappa shape index (κ2) is 8.64. The van der Waals surface area contributed by atoms with Gasteiger partial charge in [0.1, 0.15) is 0 Å². The molecule has 0 aliphatic carbocycles. The number of hydrogen-bond donors (Lipinski definition) is 4. The van der Waals surface area contributed by atoms with E-state index in [9.17, 15) is 0 Å². The van der Waals surface area contributed by atoms with Gasteiger partial charge in [0.15, 0.2) is 0 Å². The average molecular weight is 368 g/mol. The summed E-state index contributed by atoms with van der Waals surface area (Å²) >= 11 is 0. The summed E-state index contributed by atoms with van der Waals surface area (Å²) in [5.41, 5.74) is 30.4. The molecule has 0 atom stereocenters. The summed E-state index contributed by atoms with van der Waals surface area (Å²) in [7, 11) is 0. The molecule has 0 saturated heterocycles. The van der Waals surface area contributed by atoms with Crippen molar-refractivity contribution < 1.29 is 0 Å². The van der Waals surface area contributed by atoms with Crippen LogP contribution in [0.15, 0.2) is 97.1 Å². The van der Waals surface area contributed by atoms with E-state index in [1.165, 1.54) is 0 Å². The highest BCUT2D eigenvalue weighted by atomic mass is 14.6. The molecule has 4 rings (SSSR count). The van der Waals surface area contributed by atoms with Gasteiger partial charge in [-0.1, -0.05) is 60.7 Å². The van der Waals surface area contributed by atoms with E-state index >= 15 is 0 Å². The number of nitrogen functional groups attached to an aromatic ring is 4. The van der Waals surface area contributed by atoms with Crippen molar-refractivity contribution in [1.82, 2.24) is 0 Å². The van der Waals surface area contributed by atoms with Crippen molar-refractivity contribution in [3.05, 3.63) is 97.1 Å². The molecule has 0 aromatic heterocycles. The SMILES string of the molecule is Nc1cccc(-c2cccc(N)c2)c1.Nc1ccccc1-c1ccccc1N. The molecule has 0 spiro atoms. The fourth-order valence-electron chi connectivity index (χ4n) is 2.92. The summed E-state index contributed by atoms with van der Waals surface area (Å²) in [6, 6.07) is 31.0. The van der Waals surface area contributed by atoms with Gasteiger partial charge < -0.3 is 22.9 Å². The zero-order valence-corrected chi connectivity index (χ0v) is 15.5. The second-order valence-electron chi connectivity index (χ2n) is 6.43. The molecule has 4 aromatic rings. The molecule has 4 aromatic carbocycles. The molecule has 0 heterocycles. The van der Waals surface area contributed by atoms with Crippen molar-refractivity contribution in [1.29, 1.82) is 0 Å². The Morgan fingerprint density at radius 3 is 1.14 bits per heavy atom. The summed E-state index contributed by atoms with van der Waals surface area (Å²) in [4.78, 5) is 0. The van der Waals surface area contributed by atoms with Crippen LogP contribution in [0.5, 0.6) is 0 Å². The van der Waals surface area contributed by atoms with Gasteiger partial charge in [-0.2, -0.15) is 0 Å². The van der Waals surface area contributed by atoms with Crippen LogP contribution in [0.25, 0.3) is 22.3 Å². The molecular weight excluding hydrogens is 344 g/mol. The predicted octanol–water partition coefficient (Wildman–Crippen LogP) is 5.04. The smallest absolute Gasteiger partial charge is 0.0394 e. The predicted molar refractivity (Wildman–Crippen MR) is 121 cm³/mol. The highest BCUT2D eigenvalue weighted by Gasteiger charge is 2.03. The maximum absolute atomic E-state index is 5.87. The van der Waals surface area contributed by atoms with Crippen LogP contribution in [0.1, 0.15) is 0 Å². The monoisotopic (exact) mass is 368 g/mol. The Labute approximate surface area is 165 Å². The third-order valence-corrected chi connectivity index (χ3v) is 4.32. The van der Waals surface area contributed by atoms with Gasteiger partial charge in [0, 0.05) is 33.9 Å². The van der Waals surface area contributed by atoms with E-state index in [4.69, 9.17) is 22.9 Å². The molecular formula is C24H24N4. The quantitative estimate of drug-likeness (QED) is 0.372. The van der Waals surface area contributed by atoms with E-state index < -0.39 is 0 Å². The second-order valence-corrected chi connectivity index (χ2v) is 6.43. The first-order valence-corrected chi connectivity index (χ1v) is 8.95. The van der Waals surface area contributed by atoms with Gasteiger partial charge in [-0.3, -0.25) is 0 Å². The van der Waals surface area contributed by atoms with Crippen LogP contribution >= 0.6 is 0 Å². The highest BCUT2D eigenvalue weighted by Crippen LogP contribution is 2.29. The molecule has 0 bridgehead atoms. The van der Waals surface area contributed by atoms with Crippen molar-refractivity contribution in [2.45, 2.75) is 0 Å². The summed E-state index contributed by atoms with van der Waals surface area (Å²) in [6.45, 7) is 0. The minimum Gasteiger partial charge on any atom is -0.399 e. The Balaban J connectivity index is 0.000000161. The molecule has 0 amide bonds. The van der Waals surface area contributed by atoms with Gasteiger partial charge in [0.25, 0.3) is 0 Å². The Morgan fingerprint density at radius 1 is 0.393 bits per heavy atom. The lowest BCUT2D eigenvalue weighted by atomic mass is 10.0. The number of para-hydroxylation sites is 2. The van der Waals surface area contributed by atoms with Crippen LogP contribution in [0.2, 0.25) is 0 Å². The zero-order valence-electron chi connectivity index (χ0n) is 15.5. The van der Waals surface area contributed by atoms with Crippen LogP contribution < -0.4 is 22.9 Å². The first-order valence-electron chi connectivity index (χ1n) is 8.95. The number of nitrogens with two attached hydrogens (primary N) is 4. The van der Waals surface area contributed by atoms with E-state index in [1.807, 2.05) is 97.1 Å². The van der Waals surface area contributed by atoms with E-state index in [1.54, 1.807) is 0 Å². The molecule has 140 valence electrons. The van der Waals surface area contributed by atoms with Crippen LogP contribution in [0.4, 0.5) is 22.7 Å². The zero-order chi connectivity index (χ0) is 19.9. The maximum Gasteiger partial charge on any atom is 0.0394 e. The fourth-order valence-corrected chi connectivity index (χ4v) is 2.92. The first kappa shape index (κ1) is 18.9. The van der Waals surface area contributed by atoms with Crippen molar-refractivity contribution in [3.63, 3.8) is 0 Å². The summed E-state index contributed by atoms with van der Waals surface area (Å²) in [6.07, 6.45) is 0. The number of hydrogen-bond acceptors (Lipinski definition) is 4. The van der Waals surface area contributed by atoms with Gasteiger partial charge in [-0.05, 0) is 47.5 Å². The summed E-state index contributed by atoms with van der Waals surface area (Å²) < 4.78 is 0. The lowest BCUT2D eigenvalue weighted by molar-refractivity contribution is 1.60. The number of anilines is 4. The Kier molecular flexibility index (Phi) is 5.82. The maximum atomic E-state index is 5.87. The van der Waals surface area contributed by atoms with Gasteiger partial charge in [-0.25, -0.2) is 0 Å². The minimum atomic E-state index is 0.755. The lowest BCUT2D eigenvalue weighted by Crippen LogP contribution is -1.93. The topological polar surface area (TPSA) is 104 Å². The molecule has 0 unspecified atom stereocenters.